The lowest BCUT2D eigenvalue weighted by molar-refractivity contribution is 0.299. The van der Waals surface area contributed by atoms with E-state index in [0.29, 0.717) is 6.42 Å². The Morgan fingerprint density at radius 3 is 2.83 bits per heavy atom. The van der Waals surface area contributed by atoms with Crippen LogP contribution in [0.4, 0.5) is 0 Å². The number of benzene rings is 1. The highest BCUT2D eigenvalue weighted by molar-refractivity contribution is 7.98. The molecule has 1 nitrogen and oxygen atoms in total. The van der Waals surface area contributed by atoms with Crippen LogP contribution in [0.2, 0.25) is 5.02 Å². The van der Waals surface area contributed by atoms with Gasteiger partial charge in [0.1, 0.15) is 0 Å². The average molecular weight is 203 g/mol. The third-order valence-electron chi connectivity index (χ3n) is 1.63. The highest BCUT2D eigenvalue weighted by atomic mass is 35.5. The Morgan fingerprint density at radius 1 is 1.50 bits per heavy atom. The summed E-state index contributed by atoms with van der Waals surface area (Å²) in [5.41, 5.74) is 1.02. The maximum Gasteiger partial charge on any atom is 0.0471 e. The summed E-state index contributed by atoms with van der Waals surface area (Å²) in [5, 5.41) is 9.48. The van der Waals surface area contributed by atoms with Crippen molar-refractivity contribution >= 4 is 23.4 Å². The lowest BCUT2D eigenvalue weighted by Crippen LogP contribution is -1.91. The summed E-state index contributed by atoms with van der Waals surface area (Å²) in [4.78, 5) is 1.18. The van der Waals surface area contributed by atoms with Gasteiger partial charge in [-0.3, -0.25) is 0 Å². The van der Waals surface area contributed by atoms with E-state index in [0.717, 1.165) is 10.6 Å². The van der Waals surface area contributed by atoms with Gasteiger partial charge in [-0.2, -0.15) is 0 Å². The highest BCUT2D eigenvalue weighted by Gasteiger charge is 2.00. The largest absolute Gasteiger partial charge is 0.396 e. The van der Waals surface area contributed by atoms with E-state index in [-0.39, 0.29) is 6.61 Å². The van der Waals surface area contributed by atoms with Crippen LogP contribution in [0.5, 0.6) is 0 Å². The van der Waals surface area contributed by atoms with Crippen molar-refractivity contribution in [1.82, 2.24) is 0 Å². The summed E-state index contributed by atoms with van der Waals surface area (Å²) in [5.74, 6) is 0. The van der Waals surface area contributed by atoms with Gasteiger partial charge in [-0.05, 0) is 36.4 Å². The molecule has 0 aromatic heterocycles. The van der Waals surface area contributed by atoms with Gasteiger partial charge in [0, 0.05) is 16.5 Å². The van der Waals surface area contributed by atoms with Crippen molar-refractivity contribution in [3.05, 3.63) is 28.8 Å². The minimum absolute atomic E-state index is 0.150. The Labute approximate surface area is 81.7 Å². The predicted molar refractivity (Wildman–Crippen MR) is 54.0 cm³/mol. The quantitative estimate of drug-likeness (QED) is 0.761. The standard InChI is InChI=1S/C9H11ClOS/c1-12-8-2-3-9(10)7(6-8)4-5-11/h2-3,6,11H,4-5H2,1H3. The number of rotatable bonds is 3. The van der Waals surface area contributed by atoms with Crippen LogP contribution in [0.25, 0.3) is 0 Å². The molecule has 0 fully saturated rings. The third-order valence-corrected chi connectivity index (χ3v) is 2.73. The Morgan fingerprint density at radius 2 is 2.25 bits per heavy atom. The van der Waals surface area contributed by atoms with Gasteiger partial charge in [0.05, 0.1) is 0 Å². The zero-order chi connectivity index (χ0) is 8.97. The van der Waals surface area contributed by atoms with E-state index in [1.807, 2.05) is 24.5 Å². The molecule has 3 heteroatoms. The van der Waals surface area contributed by atoms with E-state index < -0.39 is 0 Å². The second-order valence-electron chi connectivity index (χ2n) is 2.43. The predicted octanol–water partition coefficient (Wildman–Crippen LogP) is 2.60. The fourth-order valence-electron chi connectivity index (χ4n) is 0.990. The van der Waals surface area contributed by atoms with Crippen LogP contribution in [-0.2, 0) is 6.42 Å². The summed E-state index contributed by atoms with van der Waals surface area (Å²) in [7, 11) is 0. The molecule has 1 aromatic carbocycles. The molecule has 1 rings (SSSR count). The molecule has 0 heterocycles. The SMILES string of the molecule is CSc1ccc(Cl)c(CCO)c1. The van der Waals surface area contributed by atoms with E-state index in [2.05, 4.69) is 0 Å². The monoisotopic (exact) mass is 202 g/mol. The molecule has 0 aliphatic heterocycles. The summed E-state index contributed by atoms with van der Waals surface area (Å²) >= 11 is 7.59. The van der Waals surface area contributed by atoms with Gasteiger partial charge in [-0.15, -0.1) is 11.8 Å². The van der Waals surface area contributed by atoms with Gasteiger partial charge in [0.2, 0.25) is 0 Å². The zero-order valence-electron chi connectivity index (χ0n) is 6.88. The molecule has 0 spiro atoms. The minimum Gasteiger partial charge on any atom is -0.396 e. The van der Waals surface area contributed by atoms with Crippen molar-refractivity contribution in [1.29, 1.82) is 0 Å². The highest BCUT2D eigenvalue weighted by Crippen LogP contribution is 2.23. The van der Waals surface area contributed by atoms with Crippen LogP contribution in [0, 0.1) is 0 Å². The number of hydrogen-bond donors (Lipinski definition) is 1. The van der Waals surface area contributed by atoms with E-state index in [4.69, 9.17) is 16.7 Å². The second kappa shape index (κ2) is 4.75. The molecule has 1 aromatic rings. The van der Waals surface area contributed by atoms with Crippen molar-refractivity contribution < 1.29 is 5.11 Å². The van der Waals surface area contributed by atoms with Crippen molar-refractivity contribution in [2.45, 2.75) is 11.3 Å². The molecule has 0 bridgehead atoms. The van der Waals surface area contributed by atoms with Gasteiger partial charge >= 0.3 is 0 Å². The summed E-state index contributed by atoms with van der Waals surface area (Å²) in [6, 6.07) is 5.87. The molecule has 0 radical (unpaired) electrons. The van der Waals surface area contributed by atoms with Crippen LogP contribution in [0.1, 0.15) is 5.56 Å². The molecule has 0 unspecified atom stereocenters. The molecule has 0 aliphatic rings. The molecule has 1 N–H and O–H groups in total. The first-order valence-corrected chi connectivity index (χ1v) is 5.31. The van der Waals surface area contributed by atoms with Crippen molar-refractivity contribution in [3.63, 3.8) is 0 Å². The van der Waals surface area contributed by atoms with Crippen LogP contribution in [0.3, 0.4) is 0 Å². The number of aliphatic hydroxyl groups is 1. The van der Waals surface area contributed by atoms with Gasteiger partial charge in [0.15, 0.2) is 0 Å². The van der Waals surface area contributed by atoms with Gasteiger partial charge in [-0.25, -0.2) is 0 Å². The molecule has 0 saturated carbocycles. The number of thioether (sulfide) groups is 1. The maximum absolute atomic E-state index is 8.74. The molecule has 0 amide bonds. The first-order valence-electron chi connectivity index (χ1n) is 3.71. The molecule has 66 valence electrons. The molecule has 12 heavy (non-hydrogen) atoms. The van der Waals surface area contributed by atoms with Gasteiger partial charge < -0.3 is 5.11 Å². The Hall–Kier alpha value is -0.180. The van der Waals surface area contributed by atoms with Crippen LogP contribution >= 0.6 is 23.4 Å². The molecule has 0 atom stereocenters. The van der Waals surface area contributed by atoms with Crippen molar-refractivity contribution in [2.75, 3.05) is 12.9 Å². The smallest absolute Gasteiger partial charge is 0.0471 e. The van der Waals surface area contributed by atoms with E-state index >= 15 is 0 Å². The Bertz CT molecular complexity index is 263. The van der Waals surface area contributed by atoms with E-state index in [1.54, 1.807) is 11.8 Å². The number of aliphatic hydroxyl groups excluding tert-OH is 1. The minimum atomic E-state index is 0.150. The topological polar surface area (TPSA) is 20.2 Å². The molecule has 0 aliphatic carbocycles. The maximum atomic E-state index is 8.74. The fourth-order valence-corrected chi connectivity index (χ4v) is 1.67. The molecule has 0 saturated heterocycles. The average Bonchev–Trinajstić information content (AvgIpc) is 2.09. The number of halogens is 1. The van der Waals surface area contributed by atoms with Crippen molar-refractivity contribution in [2.24, 2.45) is 0 Å². The normalized spacial score (nSPS) is 10.2. The van der Waals surface area contributed by atoms with E-state index in [1.165, 1.54) is 4.90 Å². The van der Waals surface area contributed by atoms with E-state index in [9.17, 15) is 0 Å². The zero-order valence-corrected chi connectivity index (χ0v) is 8.45. The van der Waals surface area contributed by atoms with Crippen LogP contribution < -0.4 is 0 Å². The Balaban J connectivity index is 2.91. The summed E-state index contributed by atoms with van der Waals surface area (Å²) in [6.45, 7) is 0.150. The number of hydrogen-bond acceptors (Lipinski definition) is 2. The Kier molecular flexibility index (Phi) is 3.92. The third kappa shape index (κ3) is 2.41. The lowest BCUT2D eigenvalue weighted by atomic mass is 10.2. The molecular formula is C9H11ClOS. The second-order valence-corrected chi connectivity index (χ2v) is 3.72. The summed E-state index contributed by atoms with van der Waals surface area (Å²) < 4.78 is 0. The van der Waals surface area contributed by atoms with Crippen LogP contribution in [0.15, 0.2) is 23.1 Å². The molecular weight excluding hydrogens is 192 g/mol. The first kappa shape index (κ1) is 9.90. The lowest BCUT2D eigenvalue weighted by Gasteiger charge is -2.03. The van der Waals surface area contributed by atoms with Gasteiger partial charge in [0.25, 0.3) is 0 Å². The van der Waals surface area contributed by atoms with Crippen LogP contribution in [-0.4, -0.2) is 18.0 Å². The fraction of sp³-hybridized carbons (Fsp3) is 0.333. The summed E-state index contributed by atoms with van der Waals surface area (Å²) in [6.07, 6.45) is 2.65. The van der Waals surface area contributed by atoms with Crippen molar-refractivity contribution in [3.8, 4) is 0 Å². The first-order chi connectivity index (χ1) is 5.77. The van der Waals surface area contributed by atoms with Gasteiger partial charge in [-0.1, -0.05) is 11.6 Å².